The van der Waals surface area contributed by atoms with Gasteiger partial charge in [-0.25, -0.2) is 17.8 Å². The Balaban J connectivity index is 1.50. The molecular weight excluding hydrogens is 457 g/mol. The molecule has 5 rings (SSSR count). The Hall–Kier alpha value is -4.05. The van der Waals surface area contributed by atoms with Crippen molar-refractivity contribution in [3.8, 4) is 11.6 Å². The van der Waals surface area contributed by atoms with Crippen LogP contribution in [0, 0.1) is 12.7 Å². The van der Waals surface area contributed by atoms with Gasteiger partial charge in [0.1, 0.15) is 17.4 Å². The Labute approximate surface area is 195 Å². The average molecular weight is 478 g/mol. The van der Waals surface area contributed by atoms with E-state index in [1.807, 2.05) is 35.6 Å². The molecule has 10 heteroatoms. The lowest BCUT2D eigenvalue weighted by Gasteiger charge is -2.12. The Morgan fingerprint density at radius 1 is 1.03 bits per heavy atom. The molecule has 0 radical (unpaired) electrons. The van der Waals surface area contributed by atoms with Crippen molar-refractivity contribution >= 4 is 32.4 Å². The quantitative estimate of drug-likeness (QED) is 0.374. The zero-order chi connectivity index (χ0) is 23.9. The van der Waals surface area contributed by atoms with Crippen LogP contribution in [0.5, 0.6) is 11.6 Å². The lowest BCUT2D eigenvalue weighted by atomic mass is 10.2. The van der Waals surface area contributed by atoms with Crippen LogP contribution >= 0.6 is 0 Å². The summed E-state index contributed by atoms with van der Waals surface area (Å²) in [4.78, 5) is 4.56. The maximum absolute atomic E-state index is 13.6. The van der Waals surface area contributed by atoms with Gasteiger partial charge in [-0.1, -0.05) is 25.1 Å². The highest BCUT2D eigenvalue weighted by molar-refractivity contribution is 7.92. The van der Waals surface area contributed by atoms with Crippen molar-refractivity contribution in [1.82, 2.24) is 19.6 Å². The molecule has 0 spiro atoms. The first kappa shape index (κ1) is 21.8. The van der Waals surface area contributed by atoms with Crippen LogP contribution in [0.1, 0.15) is 18.3 Å². The SMILES string of the molecule is CCc1nnc2c(Oc3cccc(NS(=O)(=O)c4ccc(F)c(C)c4)c3)nc3ccccc3n12. The van der Waals surface area contributed by atoms with Gasteiger partial charge in [0, 0.05) is 12.5 Å². The summed E-state index contributed by atoms with van der Waals surface area (Å²) >= 11 is 0. The first-order valence-electron chi connectivity index (χ1n) is 10.6. The molecule has 0 saturated carbocycles. The van der Waals surface area contributed by atoms with Crippen molar-refractivity contribution in [1.29, 1.82) is 0 Å². The van der Waals surface area contributed by atoms with Gasteiger partial charge in [0.25, 0.3) is 15.9 Å². The molecule has 0 unspecified atom stereocenters. The molecule has 8 nitrogen and oxygen atoms in total. The number of nitrogens with zero attached hydrogens (tertiary/aromatic N) is 4. The van der Waals surface area contributed by atoms with E-state index < -0.39 is 15.8 Å². The van der Waals surface area contributed by atoms with Crippen molar-refractivity contribution in [3.63, 3.8) is 0 Å². The molecule has 2 aromatic heterocycles. The van der Waals surface area contributed by atoms with E-state index in [4.69, 9.17) is 4.74 Å². The molecule has 0 atom stereocenters. The van der Waals surface area contributed by atoms with E-state index in [-0.39, 0.29) is 22.0 Å². The summed E-state index contributed by atoms with van der Waals surface area (Å²) in [5, 5.41) is 8.51. The summed E-state index contributed by atoms with van der Waals surface area (Å²) in [5.74, 6) is 0.916. The van der Waals surface area contributed by atoms with Gasteiger partial charge in [0.15, 0.2) is 0 Å². The number of para-hydroxylation sites is 2. The van der Waals surface area contributed by atoms with Gasteiger partial charge in [-0.15, -0.1) is 10.2 Å². The maximum atomic E-state index is 13.6. The highest BCUT2D eigenvalue weighted by Crippen LogP contribution is 2.29. The summed E-state index contributed by atoms with van der Waals surface area (Å²) in [6, 6.07) is 17.7. The van der Waals surface area contributed by atoms with Gasteiger partial charge in [-0.2, -0.15) is 0 Å². The third-order valence-corrected chi connectivity index (χ3v) is 6.70. The first-order chi connectivity index (χ1) is 16.4. The zero-order valence-electron chi connectivity index (χ0n) is 18.4. The van der Waals surface area contributed by atoms with Gasteiger partial charge in [-0.3, -0.25) is 9.12 Å². The topological polar surface area (TPSA) is 98.5 Å². The minimum absolute atomic E-state index is 0.0359. The number of fused-ring (bicyclic) bond motifs is 3. The van der Waals surface area contributed by atoms with Crippen LogP contribution in [-0.4, -0.2) is 28.0 Å². The summed E-state index contributed by atoms with van der Waals surface area (Å²) in [7, 11) is -3.92. The number of aromatic nitrogens is 4. The second-order valence-corrected chi connectivity index (χ2v) is 9.36. The number of sulfonamides is 1. The molecule has 3 aromatic carbocycles. The number of nitrogens with one attached hydrogen (secondary N) is 1. The Bertz CT molecular complexity index is 1650. The van der Waals surface area contributed by atoms with Crippen molar-refractivity contribution in [2.24, 2.45) is 0 Å². The van der Waals surface area contributed by atoms with Crippen molar-refractivity contribution in [2.45, 2.75) is 25.2 Å². The molecule has 0 amide bonds. The predicted molar refractivity (Wildman–Crippen MR) is 126 cm³/mol. The molecule has 0 aliphatic rings. The minimum atomic E-state index is -3.92. The fourth-order valence-corrected chi connectivity index (χ4v) is 4.78. The Morgan fingerprint density at radius 3 is 2.65 bits per heavy atom. The maximum Gasteiger partial charge on any atom is 0.266 e. The lowest BCUT2D eigenvalue weighted by molar-refractivity contribution is 0.467. The van der Waals surface area contributed by atoms with Gasteiger partial charge in [0.2, 0.25) is 5.65 Å². The summed E-state index contributed by atoms with van der Waals surface area (Å²) in [6.07, 6.45) is 0.675. The molecule has 0 bridgehead atoms. The third kappa shape index (κ3) is 3.92. The van der Waals surface area contributed by atoms with Crippen molar-refractivity contribution in [3.05, 3.63) is 83.9 Å². The molecule has 0 aliphatic heterocycles. The molecular formula is C24H20FN5O3S. The smallest absolute Gasteiger partial charge is 0.266 e. The second-order valence-electron chi connectivity index (χ2n) is 7.68. The highest BCUT2D eigenvalue weighted by Gasteiger charge is 2.18. The number of hydrogen-bond acceptors (Lipinski definition) is 6. The fraction of sp³-hybridized carbons (Fsp3) is 0.125. The summed E-state index contributed by atoms with van der Waals surface area (Å²) in [5.41, 5.74) is 2.56. The number of hydrogen-bond donors (Lipinski definition) is 1. The normalized spacial score (nSPS) is 11.7. The van der Waals surface area contributed by atoms with Gasteiger partial charge in [0.05, 0.1) is 21.6 Å². The molecule has 34 heavy (non-hydrogen) atoms. The Kier molecular flexibility index (Phi) is 5.37. The number of aryl methyl sites for hydroxylation is 2. The molecule has 0 fully saturated rings. The standard InChI is InChI=1S/C24H20FN5O3S/c1-3-22-27-28-23-24(26-20-9-4-5-10-21(20)30(22)23)33-17-8-6-7-16(14-17)29-34(31,32)18-11-12-19(25)15(2)13-18/h4-14,29H,3H2,1-2H3. The highest BCUT2D eigenvalue weighted by atomic mass is 32.2. The molecule has 172 valence electrons. The fourth-order valence-electron chi connectivity index (χ4n) is 3.65. The number of benzene rings is 3. The largest absolute Gasteiger partial charge is 0.436 e. The van der Waals surface area contributed by atoms with Gasteiger partial charge in [-0.05, 0) is 55.0 Å². The monoisotopic (exact) mass is 477 g/mol. The van der Waals surface area contributed by atoms with E-state index in [1.165, 1.54) is 19.1 Å². The third-order valence-electron chi connectivity index (χ3n) is 5.32. The van der Waals surface area contributed by atoms with E-state index in [0.29, 0.717) is 23.3 Å². The predicted octanol–water partition coefficient (Wildman–Crippen LogP) is 4.88. The molecule has 1 N–H and O–H groups in total. The van der Waals surface area contributed by atoms with Gasteiger partial charge >= 0.3 is 0 Å². The Morgan fingerprint density at radius 2 is 1.85 bits per heavy atom. The number of halogens is 1. The van der Waals surface area contributed by atoms with Crippen LogP contribution < -0.4 is 9.46 Å². The van der Waals surface area contributed by atoms with Crippen LogP contribution in [0.3, 0.4) is 0 Å². The summed E-state index contributed by atoms with van der Waals surface area (Å²) < 4.78 is 49.6. The van der Waals surface area contributed by atoms with E-state index in [2.05, 4.69) is 19.9 Å². The zero-order valence-corrected chi connectivity index (χ0v) is 19.2. The van der Waals surface area contributed by atoms with Crippen LogP contribution in [0.2, 0.25) is 0 Å². The number of anilines is 1. The molecule has 2 heterocycles. The number of ether oxygens (including phenoxy) is 1. The van der Waals surface area contributed by atoms with Crippen LogP contribution in [0.25, 0.3) is 16.7 Å². The lowest BCUT2D eigenvalue weighted by Crippen LogP contribution is -2.13. The molecule has 0 saturated heterocycles. The van der Waals surface area contributed by atoms with Gasteiger partial charge < -0.3 is 4.74 Å². The second kappa shape index (κ2) is 8.38. The summed E-state index contributed by atoms with van der Waals surface area (Å²) in [6.45, 7) is 3.50. The van der Waals surface area contributed by atoms with Crippen LogP contribution in [0.15, 0.2) is 71.6 Å². The molecule has 0 aliphatic carbocycles. The van der Waals surface area contributed by atoms with Crippen molar-refractivity contribution in [2.75, 3.05) is 4.72 Å². The van der Waals surface area contributed by atoms with Crippen molar-refractivity contribution < 1.29 is 17.5 Å². The molecule has 5 aromatic rings. The minimum Gasteiger partial charge on any atom is -0.436 e. The van der Waals surface area contributed by atoms with Crippen LogP contribution in [0.4, 0.5) is 10.1 Å². The average Bonchev–Trinajstić information content (AvgIpc) is 3.26. The number of rotatable bonds is 6. The van der Waals surface area contributed by atoms with Crippen LogP contribution in [-0.2, 0) is 16.4 Å². The van der Waals surface area contributed by atoms with E-state index in [1.54, 1.807) is 24.3 Å². The van der Waals surface area contributed by atoms with E-state index in [9.17, 15) is 12.8 Å². The van der Waals surface area contributed by atoms with E-state index in [0.717, 1.165) is 17.4 Å². The van der Waals surface area contributed by atoms with E-state index >= 15 is 0 Å². The first-order valence-corrected chi connectivity index (χ1v) is 12.0.